The van der Waals surface area contributed by atoms with Crippen LogP contribution in [0.1, 0.15) is 40.0 Å². The molecule has 4 rings (SSSR count). The molecule has 0 radical (unpaired) electrons. The molecule has 6 heteroatoms. The first kappa shape index (κ1) is 17.4. The van der Waals surface area contributed by atoms with Crippen LogP contribution >= 0.6 is 0 Å². The number of rotatable bonds is 6. The number of carbonyl (C=O) groups is 1. The summed E-state index contributed by atoms with van der Waals surface area (Å²) in [6.07, 6.45) is 5.20. The van der Waals surface area contributed by atoms with Gasteiger partial charge in [0.15, 0.2) is 5.78 Å². The highest BCUT2D eigenvalue weighted by Crippen LogP contribution is 2.30. The van der Waals surface area contributed by atoms with E-state index in [1.54, 1.807) is 12.1 Å². The van der Waals surface area contributed by atoms with Gasteiger partial charge in [0.05, 0.1) is 10.6 Å². The molecule has 138 valence electrons. The minimum Gasteiger partial charge on any atom is -0.313 e. The molecular weight excluding hydrogens is 342 g/mol. The zero-order valence-electron chi connectivity index (χ0n) is 15.0. The minimum absolute atomic E-state index is 0.141. The maximum atomic E-state index is 12.4. The Kier molecular flexibility index (Phi) is 4.73. The van der Waals surface area contributed by atoms with E-state index in [-0.39, 0.29) is 16.4 Å². The largest absolute Gasteiger partial charge is 0.313 e. The Bertz CT molecular complexity index is 1020. The zero-order valence-corrected chi connectivity index (χ0v) is 15.0. The number of benzene rings is 1. The van der Waals surface area contributed by atoms with Crippen molar-refractivity contribution in [2.75, 3.05) is 6.54 Å². The van der Waals surface area contributed by atoms with Gasteiger partial charge in [0.25, 0.3) is 5.69 Å². The van der Waals surface area contributed by atoms with Crippen molar-refractivity contribution < 1.29 is 9.72 Å². The van der Waals surface area contributed by atoms with Crippen LogP contribution in [0.15, 0.2) is 48.7 Å². The van der Waals surface area contributed by atoms with Crippen LogP contribution in [0.3, 0.4) is 0 Å². The van der Waals surface area contributed by atoms with E-state index in [1.165, 1.54) is 17.2 Å². The molecule has 0 atom stereocenters. The van der Waals surface area contributed by atoms with Gasteiger partial charge in [0.1, 0.15) is 0 Å². The highest BCUT2D eigenvalue weighted by atomic mass is 16.6. The third kappa shape index (κ3) is 3.24. The molecule has 2 heterocycles. The van der Waals surface area contributed by atoms with Gasteiger partial charge < -0.3 is 9.72 Å². The molecule has 0 unspecified atom stereocenters. The van der Waals surface area contributed by atoms with Gasteiger partial charge in [-0.2, -0.15) is 0 Å². The zero-order chi connectivity index (χ0) is 18.8. The number of hydrogen-bond acceptors (Lipinski definition) is 4. The second kappa shape index (κ2) is 7.32. The molecule has 6 nitrogen and oxygen atoms in total. The molecule has 27 heavy (non-hydrogen) atoms. The van der Waals surface area contributed by atoms with Crippen LogP contribution in [-0.2, 0) is 19.4 Å². The van der Waals surface area contributed by atoms with E-state index in [2.05, 4.69) is 11.4 Å². The molecule has 0 aliphatic heterocycles. The summed E-state index contributed by atoms with van der Waals surface area (Å²) in [6, 6.07) is 12.8. The number of nitro benzene ring substituents is 1. The number of ketones is 1. The van der Waals surface area contributed by atoms with Gasteiger partial charge in [-0.3, -0.25) is 14.9 Å². The van der Waals surface area contributed by atoms with Gasteiger partial charge in [-0.05, 0) is 49.1 Å². The summed E-state index contributed by atoms with van der Waals surface area (Å²) in [5.41, 5.74) is 5.14. The normalized spacial score (nSPS) is 13.7. The lowest BCUT2D eigenvalue weighted by Gasteiger charge is -2.12. The Morgan fingerprint density at radius 2 is 1.93 bits per heavy atom. The number of para-hydroxylation sites is 1. The topological polar surface area (TPSA) is 76.6 Å². The van der Waals surface area contributed by atoms with Crippen molar-refractivity contribution in [3.8, 4) is 0 Å². The van der Waals surface area contributed by atoms with E-state index in [0.717, 1.165) is 30.5 Å². The Morgan fingerprint density at radius 1 is 1.11 bits per heavy atom. The highest BCUT2D eigenvalue weighted by Gasteiger charge is 2.25. The Labute approximate surface area is 157 Å². The van der Waals surface area contributed by atoms with E-state index in [1.807, 2.05) is 28.8 Å². The van der Waals surface area contributed by atoms with Crippen LogP contribution in [0.2, 0.25) is 0 Å². The number of Topliss-reactive ketones (excluding diaryl/α,β-unsaturated/α-hetero) is 1. The van der Waals surface area contributed by atoms with Gasteiger partial charge in [-0.15, -0.1) is 0 Å². The summed E-state index contributed by atoms with van der Waals surface area (Å²) < 4.78 is 2.02. The molecule has 1 aliphatic rings. The summed E-state index contributed by atoms with van der Waals surface area (Å²) in [5, 5.41) is 14.4. The average Bonchev–Trinajstić information content (AvgIpc) is 3.00. The molecule has 1 aliphatic carbocycles. The second-order valence-electron chi connectivity index (χ2n) is 6.85. The lowest BCUT2D eigenvalue weighted by Crippen LogP contribution is -2.18. The number of nitrogens with zero attached hydrogens (tertiary/aromatic N) is 2. The van der Waals surface area contributed by atoms with Crippen molar-refractivity contribution in [1.82, 2.24) is 9.72 Å². The number of carbonyl (C=O) groups excluding carboxylic acids is 1. The first-order valence-corrected chi connectivity index (χ1v) is 9.24. The molecule has 0 amide bonds. The molecule has 0 spiro atoms. The van der Waals surface area contributed by atoms with E-state index in [9.17, 15) is 14.9 Å². The summed E-state index contributed by atoms with van der Waals surface area (Å²) in [4.78, 5) is 23.2. The molecule has 2 aromatic heterocycles. The number of nitro groups is 1. The van der Waals surface area contributed by atoms with Gasteiger partial charge in [-0.1, -0.05) is 24.3 Å². The Morgan fingerprint density at radius 3 is 2.78 bits per heavy atom. The summed E-state index contributed by atoms with van der Waals surface area (Å²) >= 11 is 0. The average molecular weight is 363 g/mol. The monoisotopic (exact) mass is 363 g/mol. The standard InChI is InChI=1S/C21H21N3O3/c25-20-10-5-7-17-16(19-9-3-4-13-23(19)21(17)20)11-12-22-14-15-6-1-2-8-18(15)24(26)27/h1-4,6,8-9,13,22H,5,7,10-12,14H2. The number of aromatic nitrogens is 1. The third-order valence-corrected chi connectivity index (χ3v) is 5.21. The molecule has 3 aromatic rings. The SMILES string of the molecule is O=C1CCCc2c(CCNCc3ccccc3[N+](=O)[O-])c3ccccn3c21. The first-order valence-electron chi connectivity index (χ1n) is 9.24. The molecule has 1 N–H and O–H groups in total. The predicted molar refractivity (Wildman–Crippen MR) is 103 cm³/mol. The molecule has 0 saturated carbocycles. The summed E-state index contributed by atoms with van der Waals surface area (Å²) in [7, 11) is 0. The first-order chi connectivity index (χ1) is 13.2. The van der Waals surface area contributed by atoms with Gasteiger partial charge in [0.2, 0.25) is 0 Å². The van der Waals surface area contributed by atoms with Crippen LogP contribution in [0, 0.1) is 10.1 Å². The predicted octanol–water partition coefficient (Wildman–Crippen LogP) is 3.70. The Hall–Kier alpha value is -2.99. The van der Waals surface area contributed by atoms with Gasteiger partial charge in [-0.25, -0.2) is 0 Å². The molecular formula is C21H21N3O3. The van der Waals surface area contributed by atoms with Crippen LogP contribution in [0.25, 0.3) is 5.52 Å². The minimum atomic E-state index is -0.347. The fourth-order valence-corrected chi connectivity index (χ4v) is 4.00. The van der Waals surface area contributed by atoms with Gasteiger partial charge >= 0.3 is 0 Å². The molecule has 0 bridgehead atoms. The fourth-order valence-electron chi connectivity index (χ4n) is 4.00. The number of pyridine rings is 1. The van der Waals surface area contributed by atoms with E-state index >= 15 is 0 Å². The smallest absolute Gasteiger partial charge is 0.273 e. The molecule has 0 fully saturated rings. The maximum Gasteiger partial charge on any atom is 0.273 e. The number of fused-ring (bicyclic) bond motifs is 3. The van der Waals surface area contributed by atoms with E-state index in [0.29, 0.717) is 25.1 Å². The lowest BCUT2D eigenvalue weighted by atomic mass is 9.92. The van der Waals surface area contributed by atoms with Crippen molar-refractivity contribution in [2.45, 2.75) is 32.2 Å². The van der Waals surface area contributed by atoms with Crippen molar-refractivity contribution in [1.29, 1.82) is 0 Å². The third-order valence-electron chi connectivity index (χ3n) is 5.21. The van der Waals surface area contributed by atoms with Crippen LogP contribution in [0.5, 0.6) is 0 Å². The lowest BCUT2D eigenvalue weighted by molar-refractivity contribution is -0.385. The quantitative estimate of drug-likeness (QED) is 0.412. The van der Waals surface area contributed by atoms with Crippen LogP contribution in [-0.4, -0.2) is 21.7 Å². The van der Waals surface area contributed by atoms with Crippen molar-refractivity contribution >= 4 is 17.0 Å². The maximum absolute atomic E-state index is 12.4. The van der Waals surface area contributed by atoms with Crippen molar-refractivity contribution in [2.24, 2.45) is 0 Å². The molecule has 0 saturated heterocycles. The van der Waals surface area contributed by atoms with Crippen molar-refractivity contribution in [3.63, 3.8) is 0 Å². The molecule has 1 aromatic carbocycles. The number of hydrogen-bond donors (Lipinski definition) is 1. The Balaban J connectivity index is 1.52. The fraction of sp³-hybridized carbons (Fsp3) is 0.286. The van der Waals surface area contributed by atoms with E-state index in [4.69, 9.17) is 0 Å². The summed E-state index contributed by atoms with van der Waals surface area (Å²) in [6.45, 7) is 1.14. The van der Waals surface area contributed by atoms with Gasteiger partial charge in [0, 0.05) is 36.3 Å². The van der Waals surface area contributed by atoms with Crippen LogP contribution < -0.4 is 5.32 Å². The van der Waals surface area contributed by atoms with E-state index < -0.39 is 0 Å². The number of nitrogens with one attached hydrogen (secondary N) is 1. The van der Waals surface area contributed by atoms with Crippen molar-refractivity contribution in [3.05, 3.63) is 81.2 Å². The summed E-state index contributed by atoms with van der Waals surface area (Å²) in [5.74, 6) is 0.219. The van der Waals surface area contributed by atoms with Crippen LogP contribution in [0.4, 0.5) is 5.69 Å². The highest BCUT2D eigenvalue weighted by molar-refractivity contribution is 5.99. The second-order valence-corrected chi connectivity index (χ2v) is 6.85.